The van der Waals surface area contributed by atoms with Gasteiger partial charge in [0.15, 0.2) is 0 Å². The average molecular weight is 532 g/mol. The van der Waals surface area contributed by atoms with Crippen LogP contribution in [0, 0.1) is 82.1 Å². The van der Waals surface area contributed by atoms with Crippen molar-refractivity contribution in [1.29, 1.82) is 0 Å². The topological polar surface area (TPSA) is 0 Å². The molecule has 0 aromatic rings. The first-order chi connectivity index (χ1) is 0. The van der Waals surface area contributed by atoms with Crippen LogP contribution < -0.4 is 0 Å². The quantitative estimate of drug-likeness (QED) is 0.381. The number of hydrogen-bond donors (Lipinski definition) is 0. The molecule has 22 valence electrons. The van der Waals surface area contributed by atoms with Crippen molar-refractivity contribution in [1.82, 2.24) is 0 Å². The van der Waals surface area contributed by atoms with Crippen molar-refractivity contribution in [2.75, 3.05) is 0 Å². The summed E-state index contributed by atoms with van der Waals surface area (Å²) in [6, 6.07) is 0. The van der Waals surface area contributed by atoms with Crippen molar-refractivity contribution < 1.29 is 107 Å². The van der Waals surface area contributed by atoms with Crippen molar-refractivity contribution in [2.24, 2.45) is 0 Å². The van der Waals surface area contributed by atoms with Crippen molar-refractivity contribution in [3.8, 4) is 0 Å². The molecule has 0 aromatic heterocycles. The van der Waals surface area contributed by atoms with E-state index in [1.165, 1.54) is 0 Å². The second-order valence-electron chi connectivity index (χ2n) is 0. The van der Waals surface area contributed by atoms with E-state index < -0.39 is 0 Å². The molecule has 0 spiro atoms. The fourth-order valence-corrected chi connectivity index (χ4v) is 0. The Morgan fingerprint density at radius 1 is 1.25 bits per heavy atom. The Morgan fingerprint density at radius 3 is 1.25 bits per heavy atom. The molecule has 0 fully saturated rings. The molecule has 0 saturated heterocycles. The predicted octanol–water partition coefficient (Wildman–Crippen LogP) is -0.158. The molecule has 0 aliphatic rings. The molecule has 0 heterocycles. The molecule has 0 aliphatic heterocycles. The summed E-state index contributed by atoms with van der Waals surface area (Å²) in [7, 11) is 0. The van der Waals surface area contributed by atoms with Crippen molar-refractivity contribution in [2.45, 2.75) is 0 Å². The summed E-state index contributed by atoms with van der Waals surface area (Å²) >= 11 is 0. The summed E-state index contributed by atoms with van der Waals surface area (Å²) in [6.07, 6.45) is 0. The van der Waals surface area contributed by atoms with E-state index in [1.807, 2.05) is 0 Å². The van der Waals surface area contributed by atoms with E-state index in [4.69, 9.17) is 0 Å². The van der Waals surface area contributed by atoms with E-state index in [0.717, 1.165) is 0 Å². The standard InChI is InChI=1S/Ag.Ba.Nd.Pr.2H/q;+2;;;2*-1. The van der Waals surface area contributed by atoms with E-state index >= 15 is 0 Å². The summed E-state index contributed by atoms with van der Waals surface area (Å²) < 4.78 is 0. The molecule has 0 bridgehead atoms. The third-order valence-corrected chi connectivity index (χ3v) is 0. The van der Waals surface area contributed by atoms with Crippen LogP contribution in [-0.4, -0.2) is 48.9 Å². The average Bonchev–Trinajstić information content (AvgIpc) is 0. The van der Waals surface area contributed by atoms with Crippen molar-refractivity contribution in [3.05, 3.63) is 0 Å². The van der Waals surface area contributed by atoms with E-state index in [2.05, 4.69) is 0 Å². The molecule has 0 rings (SSSR count). The first-order valence-electron chi connectivity index (χ1n) is 0. The minimum absolute atomic E-state index is 0. The summed E-state index contributed by atoms with van der Waals surface area (Å²) in [6.45, 7) is 0. The Labute approximate surface area is 151 Å². The van der Waals surface area contributed by atoms with Crippen molar-refractivity contribution >= 4 is 48.9 Å². The van der Waals surface area contributed by atoms with Crippen LogP contribution in [0.2, 0.25) is 0 Å². The van der Waals surface area contributed by atoms with E-state index in [9.17, 15) is 0 Å². The van der Waals surface area contributed by atoms with Crippen LogP contribution in [0.4, 0.5) is 0 Å². The largest absolute Gasteiger partial charge is 2.00 e. The van der Waals surface area contributed by atoms with Gasteiger partial charge in [0.2, 0.25) is 0 Å². The monoisotopic (exact) mass is 530 g/mol. The summed E-state index contributed by atoms with van der Waals surface area (Å²) in [5, 5.41) is 0. The third-order valence-electron chi connectivity index (χ3n) is 0. The van der Waals surface area contributed by atoms with E-state index in [-0.39, 0.29) is 156 Å². The first kappa shape index (κ1) is 23.0. The maximum absolute atomic E-state index is 0. The van der Waals surface area contributed by atoms with E-state index in [0.29, 0.717) is 0 Å². The normalized spacial score (nSPS) is 0. The number of rotatable bonds is 0. The Bertz CT molecular complexity index is 13.5. The molecule has 4 heavy (non-hydrogen) atoms. The van der Waals surface area contributed by atoms with Crippen LogP contribution in [0.3, 0.4) is 0 Å². The predicted molar refractivity (Wildman–Crippen MR) is 7.98 cm³/mol. The van der Waals surface area contributed by atoms with Gasteiger partial charge >= 0.3 is 48.9 Å². The minimum atomic E-state index is 0. The van der Waals surface area contributed by atoms with Gasteiger partial charge in [0.1, 0.15) is 0 Å². The second kappa shape index (κ2) is 15.7. The third kappa shape index (κ3) is 10.1. The molecule has 0 aromatic carbocycles. The zero-order chi connectivity index (χ0) is 0. The Kier molecular flexibility index (Phi) is 90.3. The number of hydrogen-bond acceptors (Lipinski definition) is 0. The molecular weight excluding hydrogens is 530 g/mol. The Hall–Kier alpha value is 5.03. The van der Waals surface area contributed by atoms with E-state index in [1.54, 1.807) is 0 Å². The molecule has 2 radical (unpaired) electrons. The maximum atomic E-state index is 0. The summed E-state index contributed by atoms with van der Waals surface area (Å²) in [5.41, 5.74) is 0. The molecule has 0 amide bonds. The zero-order valence-electron chi connectivity index (χ0n) is 4.09. The Balaban J connectivity index is 0. The van der Waals surface area contributed by atoms with Gasteiger partial charge in [-0.3, -0.25) is 0 Å². The molecule has 0 atom stereocenters. The maximum Gasteiger partial charge on any atom is 2.00 e. The second-order valence-corrected chi connectivity index (χ2v) is 0. The summed E-state index contributed by atoms with van der Waals surface area (Å²) in [5.74, 6) is 0. The van der Waals surface area contributed by atoms with Gasteiger partial charge in [0.25, 0.3) is 0 Å². The molecule has 0 unspecified atom stereocenters. The fourth-order valence-electron chi connectivity index (χ4n) is 0. The van der Waals surface area contributed by atoms with Crippen LogP contribution in [0.1, 0.15) is 2.85 Å². The summed E-state index contributed by atoms with van der Waals surface area (Å²) in [4.78, 5) is 0. The Morgan fingerprint density at radius 2 is 1.25 bits per heavy atom. The molecular formula is H2AgBaNdPr. The molecule has 0 saturated carbocycles. The molecule has 0 nitrogen and oxygen atoms in total. The van der Waals surface area contributed by atoms with Gasteiger partial charge in [-0.05, 0) is 0 Å². The molecule has 0 aliphatic carbocycles. The van der Waals surface area contributed by atoms with Gasteiger partial charge in [-0.1, -0.05) is 0 Å². The van der Waals surface area contributed by atoms with Crippen molar-refractivity contribution in [3.63, 3.8) is 0 Å². The van der Waals surface area contributed by atoms with Gasteiger partial charge in [0.05, 0.1) is 0 Å². The molecule has 4 heteroatoms. The minimum Gasteiger partial charge on any atom is -1.00 e. The van der Waals surface area contributed by atoms with Crippen LogP contribution >= 0.6 is 0 Å². The van der Waals surface area contributed by atoms with Crippen LogP contribution in [0.25, 0.3) is 0 Å². The SMILES string of the molecule is [Ag].[Ba+2].[H-].[H-].[Nd].[Pr]. The smallest absolute Gasteiger partial charge is 1.00 e. The van der Waals surface area contributed by atoms with Gasteiger partial charge in [-0.2, -0.15) is 0 Å². The van der Waals surface area contributed by atoms with Crippen LogP contribution in [-0.2, 0) is 22.4 Å². The fraction of sp³-hybridized carbons (Fsp3) is 0. The molecule has 0 N–H and O–H groups in total. The van der Waals surface area contributed by atoms with Crippen LogP contribution in [0.5, 0.6) is 0 Å². The van der Waals surface area contributed by atoms with Gasteiger partial charge < -0.3 is 2.85 Å². The zero-order valence-corrected chi connectivity index (χ0v) is 14.9. The first-order valence-corrected chi connectivity index (χ1v) is 0. The van der Waals surface area contributed by atoms with Crippen LogP contribution in [0.15, 0.2) is 0 Å². The van der Waals surface area contributed by atoms with Gasteiger partial charge in [-0.25, -0.2) is 0 Å². The van der Waals surface area contributed by atoms with Gasteiger partial charge in [-0.15, -0.1) is 0 Å². The van der Waals surface area contributed by atoms with Gasteiger partial charge in [0, 0.05) is 105 Å².